The highest BCUT2D eigenvalue weighted by Crippen LogP contribution is 2.43. The SMILES string of the molecule is CC1CN(CC2CCCN2C(=O)COc2ccc(C3SCCCS3)cc2)CC(C)O1. The summed E-state index contributed by atoms with van der Waals surface area (Å²) in [5.41, 5.74) is 1.34. The first-order chi connectivity index (χ1) is 14.6. The number of amides is 1. The molecule has 3 aliphatic rings. The van der Waals surface area contributed by atoms with Gasteiger partial charge in [-0.2, -0.15) is 0 Å². The number of carbonyl (C=O) groups excluding carboxylic acids is 1. The maximum atomic E-state index is 12.9. The summed E-state index contributed by atoms with van der Waals surface area (Å²) in [4.78, 5) is 17.4. The van der Waals surface area contributed by atoms with E-state index in [1.54, 1.807) is 0 Å². The van der Waals surface area contributed by atoms with Crippen LogP contribution >= 0.6 is 23.5 Å². The van der Waals surface area contributed by atoms with E-state index in [4.69, 9.17) is 9.47 Å². The van der Waals surface area contributed by atoms with Gasteiger partial charge in [0.2, 0.25) is 0 Å². The lowest BCUT2D eigenvalue weighted by molar-refractivity contribution is -0.135. The van der Waals surface area contributed by atoms with E-state index in [1.807, 2.05) is 40.6 Å². The van der Waals surface area contributed by atoms with Gasteiger partial charge in [0.25, 0.3) is 5.91 Å². The van der Waals surface area contributed by atoms with Crippen molar-refractivity contribution in [2.45, 2.75) is 55.9 Å². The fraction of sp³-hybridized carbons (Fsp3) is 0.696. The van der Waals surface area contributed by atoms with Gasteiger partial charge in [-0.25, -0.2) is 0 Å². The van der Waals surface area contributed by atoms with Crippen LogP contribution in [0, 0.1) is 0 Å². The molecule has 3 atom stereocenters. The largest absolute Gasteiger partial charge is 0.484 e. The second-order valence-electron chi connectivity index (χ2n) is 8.64. The van der Waals surface area contributed by atoms with Gasteiger partial charge in [-0.3, -0.25) is 9.69 Å². The van der Waals surface area contributed by atoms with Gasteiger partial charge in [0.05, 0.1) is 16.8 Å². The molecule has 1 aromatic rings. The van der Waals surface area contributed by atoms with Crippen molar-refractivity contribution in [1.29, 1.82) is 0 Å². The third-order valence-corrected chi connectivity index (χ3v) is 9.02. The van der Waals surface area contributed by atoms with E-state index in [2.05, 4.69) is 30.9 Å². The van der Waals surface area contributed by atoms with Crippen molar-refractivity contribution in [3.8, 4) is 5.75 Å². The Balaban J connectivity index is 1.26. The minimum Gasteiger partial charge on any atom is -0.484 e. The lowest BCUT2D eigenvalue weighted by atomic mass is 10.1. The van der Waals surface area contributed by atoms with Crippen molar-refractivity contribution in [3.05, 3.63) is 29.8 Å². The molecule has 7 heteroatoms. The average molecular weight is 451 g/mol. The average Bonchev–Trinajstić information content (AvgIpc) is 3.20. The lowest BCUT2D eigenvalue weighted by Crippen LogP contribution is -2.51. The van der Waals surface area contributed by atoms with Crippen LogP contribution in [0.1, 0.15) is 43.3 Å². The molecule has 3 heterocycles. The first-order valence-corrected chi connectivity index (χ1v) is 13.3. The normalized spacial score (nSPS) is 28.6. The second kappa shape index (κ2) is 10.6. The summed E-state index contributed by atoms with van der Waals surface area (Å²) in [6.07, 6.45) is 3.98. The number of carbonyl (C=O) groups is 1. The van der Waals surface area contributed by atoms with E-state index in [9.17, 15) is 4.79 Å². The smallest absolute Gasteiger partial charge is 0.260 e. The Morgan fingerprint density at radius 1 is 1.10 bits per heavy atom. The standard InChI is InChI=1S/C23H34N2O3S2/c1-17-13-24(14-18(2)28-17)15-20-5-3-10-25(20)22(26)16-27-21-8-6-19(7-9-21)23-29-11-4-12-30-23/h6-9,17-18,20,23H,3-5,10-16H2,1-2H3. The first-order valence-electron chi connectivity index (χ1n) is 11.2. The van der Waals surface area contributed by atoms with Gasteiger partial charge in [0.1, 0.15) is 5.75 Å². The van der Waals surface area contributed by atoms with Crippen LogP contribution in [-0.4, -0.2) is 78.2 Å². The van der Waals surface area contributed by atoms with E-state index in [1.165, 1.54) is 23.5 Å². The molecule has 4 rings (SSSR count). The van der Waals surface area contributed by atoms with Gasteiger partial charge >= 0.3 is 0 Å². The molecule has 1 aromatic carbocycles. The summed E-state index contributed by atoms with van der Waals surface area (Å²) in [7, 11) is 0. The molecule has 1 amide bonds. The highest BCUT2D eigenvalue weighted by molar-refractivity contribution is 8.16. The Labute approximate surface area is 189 Å². The molecular weight excluding hydrogens is 416 g/mol. The van der Waals surface area contributed by atoms with Crippen molar-refractivity contribution in [2.24, 2.45) is 0 Å². The van der Waals surface area contributed by atoms with Crippen molar-refractivity contribution in [3.63, 3.8) is 0 Å². The van der Waals surface area contributed by atoms with E-state index >= 15 is 0 Å². The van der Waals surface area contributed by atoms with Crippen LogP contribution in [0.4, 0.5) is 0 Å². The molecule has 3 fully saturated rings. The van der Waals surface area contributed by atoms with Crippen molar-refractivity contribution in [2.75, 3.05) is 44.3 Å². The molecule has 0 radical (unpaired) electrons. The van der Waals surface area contributed by atoms with Gasteiger partial charge in [-0.15, -0.1) is 23.5 Å². The number of hydrogen-bond donors (Lipinski definition) is 0. The van der Waals surface area contributed by atoms with Crippen LogP contribution in [0.5, 0.6) is 5.75 Å². The number of thioether (sulfide) groups is 2. The number of rotatable bonds is 6. The number of benzene rings is 1. The summed E-state index contributed by atoms with van der Waals surface area (Å²) in [6.45, 7) is 8.06. The van der Waals surface area contributed by atoms with E-state index in [0.717, 1.165) is 44.8 Å². The Hall–Kier alpha value is -0.890. The van der Waals surface area contributed by atoms with Crippen molar-refractivity contribution >= 4 is 29.4 Å². The summed E-state index contributed by atoms with van der Waals surface area (Å²) >= 11 is 4.04. The minimum atomic E-state index is 0.106. The number of nitrogens with zero attached hydrogens (tertiary/aromatic N) is 2. The summed E-state index contributed by atoms with van der Waals surface area (Å²) in [5, 5.41) is 0. The van der Waals surface area contributed by atoms with Crippen LogP contribution in [0.15, 0.2) is 24.3 Å². The molecule has 0 saturated carbocycles. The first kappa shape index (κ1) is 22.3. The summed E-state index contributed by atoms with van der Waals surface area (Å²) in [5.74, 6) is 3.37. The molecular formula is C23H34N2O3S2. The van der Waals surface area contributed by atoms with Gasteiger partial charge in [-0.05, 0) is 62.3 Å². The molecule has 30 heavy (non-hydrogen) atoms. The highest BCUT2D eigenvalue weighted by Gasteiger charge is 2.32. The molecule has 5 nitrogen and oxygen atoms in total. The molecule has 166 valence electrons. The van der Waals surface area contributed by atoms with Crippen molar-refractivity contribution < 1.29 is 14.3 Å². The third kappa shape index (κ3) is 5.87. The van der Waals surface area contributed by atoms with Crippen molar-refractivity contribution in [1.82, 2.24) is 9.80 Å². The topological polar surface area (TPSA) is 42.0 Å². The summed E-state index contributed by atoms with van der Waals surface area (Å²) in [6, 6.07) is 8.61. The molecule has 0 bridgehead atoms. The monoisotopic (exact) mass is 450 g/mol. The molecule has 0 aromatic heterocycles. The Morgan fingerprint density at radius 3 is 2.50 bits per heavy atom. The second-order valence-corrected chi connectivity index (χ2v) is 11.4. The summed E-state index contributed by atoms with van der Waals surface area (Å²) < 4.78 is 12.2. The molecule has 3 aliphatic heterocycles. The van der Waals surface area contributed by atoms with Crippen LogP contribution < -0.4 is 4.74 Å². The maximum absolute atomic E-state index is 12.9. The Kier molecular flexibility index (Phi) is 7.90. The zero-order valence-corrected chi connectivity index (χ0v) is 19.8. The maximum Gasteiger partial charge on any atom is 0.260 e. The number of hydrogen-bond acceptors (Lipinski definition) is 6. The quantitative estimate of drug-likeness (QED) is 0.652. The van der Waals surface area contributed by atoms with Crippen LogP contribution in [0.25, 0.3) is 0 Å². The van der Waals surface area contributed by atoms with Gasteiger partial charge in [-0.1, -0.05) is 12.1 Å². The molecule has 0 aliphatic carbocycles. The van der Waals surface area contributed by atoms with Gasteiger partial charge < -0.3 is 14.4 Å². The van der Waals surface area contributed by atoms with Gasteiger partial charge in [0, 0.05) is 32.2 Å². The highest BCUT2D eigenvalue weighted by atomic mass is 32.2. The molecule has 3 unspecified atom stereocenters. The van der Waals surface area contributed by atoms with Crippen LogP contribution in [-0.2, 0) is 9.53 Å². The predicted octanol–water partition coefficient (Wildman–Crippen LogP) is 4.03. The fourth-order valence-electron chi connectivity index (χ4n) is 4.71. The zero-order valence-electron chi connectivity index (χ0n) is 18.1. The molecule has 0 N–H and O–H groups in total. The number of ether oxygens (including phenoxy) is 2. The zero-order chi connectivity index (χ0) is 20.9. The fourth-order valence-corrected chi connectivity index (χ4v) is 7.61. The van der Waals surface area contributed by atoms with Gasteiger partial charge in [0.15, 0.2) is 6.61 Å². The molecule has 0 spiro atoms. The van der Waals surface area contributed by atoms with E-state index < -0.39 is 0 Å². The number of likely N-dealkylation sites (tertiary alicyclic amines) is 1. The van der Waals surface area contributed by atoms with E-state index in [-0.39, 0.29) is 24.7 Å². The van der Waals surface area contributed by atoms with Crippen LogP contribution in [0.2, 0.25) is 0 Å². The van der Waals surface area contributed by atoms with Crippen LogP contribution in [0.3, 0.4) is 0 Å². The Morgan fingerprint density at radius 2 is 1.80 bits per heavy atom. The number of morpholine rings is 1. The predicted molar refractivity (Wildman–Crippen MR) is 125 cm³/mol. The Bertz CT molecular complexity index is 686. The molecule has 3 saturated heterocycles. The third-order valence-electron chi connectivity index (χ3n) is 6.00. The lowest BCUT2D eigenvalue weighted by Gasteiger charge is -2.38. The van der Waals surface area contributed by atoms with E-state index in [0.29, 0.717) is 10.6 Å². The minimum absolute atomic E-state index is 0.106.